The summed E-state index contributed by atoms with van der Waals surface area (Å²) in [5.74, 6) is 1.43. The van der Waals surface area contributed by atoms with E-state index in [1.165, 1.54) is 0 Å². The number of nitrogens with one attached hydrogen (secondary N) is 1. The number of hydrogen-bond donors (Lipinski definition) is 1. The van der Waals surface area contributed by atoms with E-state index in [0.717, 1.165) is 17.0 Å². The quantitative estimate of drug-likeness (QED) is 0.673. The summed E-state index contributed by atoms with van der Waals surface area (Å²) in [5.41, 5.74) is 4.58. The van der Waals surface area contributed by atoms with Gasteiger partial charge in [0.2, 0.25) is 0 Å². The summed E-state index contributed by atoms with van der Waals surface area (Å²) < 4.78 is 10.4. The third-order valence-electron chi connectivity index (χ3n) is 2.66. The van der Waals surface area contributed by atoms with Crippen LogP contribution in [0.1, 0.15) is 5.56 Å². The van der Waals surface area contributed by atoms with E-state index >= 15 is 0 Å². The van der Waals surface area contributed by atoms with Gasteiger partial charge in [-0.3, -0.25) is 5.43 Å². The van der Waals surface area contributed by atoms with Gasteiger partial charge in [0.05, 0.1) is 26.1 Å². The summed E-state index contributed by atoms with van der Waals surface area (Å²) in [6.45, 7) is 0. The Morgan fingerprint density at radius 2 is 1.95 bits per heavy atom. The number of hydrazone groups is 1. The molecule has 4 nitrogen and oxygen atoms in total. The van der Waals surface area contributed by atoms with E-state index in [1.807, 2.05) is 30.3 Å². The van der Waals surface area contributed by atoms with Gasteiger partial charge in [0.1, 0.15) is 11.5 Å². The lowest BCUT2D eigenvalue weighted by Crippen LogP contribution is -1.95. The molecule has 0 spiro atoms. The number of hydrogen-bond acceptors (Lipinski definition) is 4. The molecule has 0 fully saturated rings. The van der Waals surface area contributed by atoms with Crippen molar-refractivity contribution in [2.75, 3.05) is 19.6 Å². The second kappa shape index (κ2) is 6.82. The molecular formula is C15H15ClN2O2. The minimum atomic E-state index is 0.659. The molecule has 5 heteroatoms. The lowest BCUT2D eigenvalue weighted by atomic mass is 10.2. The predicted molar refractivity (Wildman–Crippen MR) is 82.2 cm³/mol. The van der Waals surface area contributed by atoms with Gasteiger partial charge in [0.15, 0.2) is 0 Å². The molecule has 0 radical (unpaired) electrons. The van der Waals surface area contributed by atoms with E-state index in [4.69, 9.17) is 21.1 Å². The molecule has 1 N–H and O–H groups in total. The predicted octanol–water partition coefficient (Wildman–Crippen LogP) is 3.80. The monoisotopic (exact) mass is 290 g/mol. The van der Waals surface area contributed by atoms with Crippen molar-refractivity contribution in [3.05, 3.63) is 53.1 Å². The smallest absolute Gasteiger partial charge is 0.131 e. The van der Waals surface area contributed by atoms with Crippen molar-refractivity contribution in [3.63, 3.8) is 0 Å². The van der Waals surface area contributed by atoms with Gasteiger partial charge < -0.3 is 9.47 Å². The largest absolute Gasteiger partial charge is 0.497 e. The van der Waals surface area contributed by atoms with E-state index < -0.39 is 0 Å². The molecule has 0 aromatic heterocycles. The maximum atomic E-state index is 5.90. The summed E-state index contributed by atoms with van der Waals surface area (Å²) in [7, 11) is 3.22. The number of nitrogens with zero attached hydrogens (tertiary/aromatic N) is 1. The average Bonchev–Trinajstić information content (AvgIpc) is 2.47. The van der Waals surface area contributed by atoms with Crippen molar-refractivity contribution in [2.24, 2.45) is 5.10 Å². The summed E-state index contributed by atoms with van der Waals surface area (Å²) in [4.78, 5) is 0. The Morgan fingerprint density at radius 3 is 2.65 bits per heavy atom. The first-order valence-electron chi connectivity index (χ1n) is 5.99. The molecule has 0 heterocycles. The van der Waals surface area contributed by atoms with Crippen LogP contribution in [0.3, 0.4) is 0 Å². The van der Waals surface area contributed by atoms with E-state index in [0.29, 0.717) is 10.8 Å². The molecule has 20 heavy (non-hydrogen) atoms. The van der Waals surface area contributed by atoms with Crippen LogP contribution in [-0.4, -0.2) is 20.4 Å². The molecule has 0 atom stereocenters. The molecule has 2 rings (SSSR count). The van der Waals surface area contributed by atoms with Gasteiger partial charge in [0.25, 0.3) is 0 Å². The van der Waals surface area contributed by atoms with Crippen molar-refractivity contribution < 1.29 is 9.47 Å². The Bertz CT molecular complexity index is 615. The zero-order valence-electron chi connectivity index (χ0n) is 11.3. The lowest BCUT2D eigenvalue weighted by Gasteiger charge is -2.07. The maximum Gasteiger partial charge on any atom is 0.131 e. The van der Waals surface area contributed by atoms with Gasteiger partial charge in [-0.2, -0.15) is 5.10 Å². The zero-order chi connectivity index (χ0) is 14.4. The fourth-order valence-electron chi connectivity index (χ4n) is 1.66. The maximum absolute atomic E-state index is 5.90. The fourth-order valence-corrected chi connectivity index (χ4v) is 1.85. The van der Waals surface area contributed by atoms with Crippen LogP contribution < -0.4 is 14.9 Å². The van der Waals surface area contributed by atoms with Crippen molar-refractivity contribution in [1.29, 1.82) is 0 Å². The topological polar surface area (TPSA) is 42.8 Å². The number of ether oxygens (including phenoxy) is 2. The number of methoxy groups -OCH3 is 2. The average molecular weight is 291 g/mol. The van der Waals surface area contributed by atoms with Crippen LogP contribution in [0.2, 0.25) is 5.02 Å². The molecule has 0 amide bonds. The molecule has 0 bridgehead atoms. The fraction of sp³-hybridized carbons (Fsp3) is 0.133. The Hall–Kier alpha value is -2.20. The first-order chi connectivity index (χ1) is 9.72. The second-order valence-electron chi connectivity index (χ2n) is 3.99. The van der Waals surface area contributed by atoms with E-state index in [-0.39, 0.29) is 0 Å². The highest BCUT2D eigenvalue weighted by atomic mass is 35.5. The van der Waals surface area contributed by atoms with Gasteiger partial charge in [-0.05, 0) is 30.3 Å². The van der Waals surface area contributed by atoms with Crippen LogP contribution in [0.4, 0.5) is 5.69 Å². The van der Waals surface area contributed by atoms with Gasteiger partial charge >= 0.3 is 0 Å². The van der Waals surface area contributed by atoms with E-state index in [9.17, 15) is 0 Å². The van der Waals surface area contributed by atoms with Crippen molar-refractivity contribution >= 4 is 23.5 Å². The molecule has 0 aliphatic rings. The standard InChI is InChI=1S/C15H15ClN2O2/c1-19-14-7-6-11(15(9-14)20-2)10-17-18-13-5-3-4-12(16)8-13/h3-10,18H,1-2H3/b17-10+. The van der Waals surface area contributed by atoms with E-state index in [2.05, 4.69) is 10.5 Å². The molecular weight excluding hydrogens is 276 g/mol. The number of anilines is 1. The minimum absolute atomic E-state index is 0.659. The number of rotatable bonds is 5. The molecule has 2 aromatic carbocycles. The van der Waals surface area contributed by atoms with Crippen LogP contribution in [0.15, 0.2) is 47.6 Å². The molecule has 104 valence electrons. The molecule has 0 aliphatic carbocycles. The third kappa shape index (κ3) is 3.65. The lowest BCUT2D eigenvalue weighted by molar-refractivity contribution is 0.394. The van der Waals surface area contributed by atoms with Crippen LogP contribution in [0, 0.1) is 0 Å². The van der Waals surface area contributed by atoms with Crippen LogP contribution in [-0.2, 0) is 0 Å². The highest BCUT2D eigenvalue weighted by molar-refractivity contribution is 6.30. The first kappa shape index (κ1) is 14.2. The Morgan fingerprint density at radius 1 is 1.10 bits per heavy atom. The van der Waals surface area contributed by atoms with Crippen molar-refractivity contribution in [2.45, 2.75) is 0 Å². The SMILES string of the molecule is COc1ccc(/C=N/Nc2cccc(Cl)c2)c(OC)c1. The Kier molecular flexibility index (Phi) is 4.85. The van der Waals surface area contributed by atoms with Gasteiger partial charge in [-0.25, -0.2) is 0 Å². The second-order valence-corrected chi connectivity index (χ2v) is 4.42. The Labute approximate surface area is 123 Å². The van der Waals surface area contributed by atoms with Crippen LogP contribution in [0.25, 0.3) is 0 Å². The summed E-state index contributed by atoms with van der Waals surface area (Å²) in [6.07, 6.45) is 1.68. The van der Waals surface area contributed by atoms with Crippen molar-refractivity contribution in [1.82, 2.24) is 0 Å². The van der Waals surface area contributed by atoms with Crippen LogP contribution >= 0.6 is 11.6 Å². The van der Waals surface area contributed by atoms with Gasteiger partial charge in [0, 0.05) is 16.7 Å². The molecule has 0 aliphatic heterocycles. The summed E-state index contributed by atoms with van der Waals surface area (Å²) in [5, 5.41) is 4.82. The molecule has 0 unspecified atom stereocenters. The zero-order valence-corrected chi connectivity index (χ0v) is 12.0. The first-order valence-corrected chi connectivity index (χ1v) is 6.37. The summed E-state index contributed by atoms with van der Waals surface area (Å²) >= 11 is 5.90. The Balaban J connectivity index is 2.11. The van der Waals surface area contributed by atoms with Gasteiger partial charge in [-0.1, -0.05) is 17.7 Å². The number of benzene rings is 2. The third-order valence-corrected chi connectivity index (χ3v) is 2.90. The highest BCUT2D eigenvalue weighted by Crippen LogP contribution is 2.23. The molecule has 2 aromatic rings. The highest BCUT2D eigenvalue weighted by Gasteiger charge is 2.02. The normalized spacial score (nSPS) is 10.6. The molecule has 0 saturated heterocycles. The van der Waals surface area contributed by atoms with Crippen LogP contribution in [0.5, 0.6) is 11.5 Å². The van der Waals surface area contributed by atoms with Gasteiger partial charge in [-0.15, -0.1) is 0 Å². The van der Waals surface area contributed by atoms with E-state index in [1.54, 1.807) is 32.6 Å². The summed E-state index contributed by atoms with van der Waals surface area (Å²) in [6, 6.07) is 12.9. The minimum Gasteiger partial charge on any atom is -0.497 e. The van der Waals surface area contributed by atoms with Crippen molar-refractivity contribution in [3.8, 4) is 11.5 Å². The molecule has 0 saturated carbocycles. The number of halogens is 1.